The number of carbonyl (C=O) groups is 1. The van der Waals surface area contributed by atoms with Gasteiger partial charge in [-0.15, -0.1) is 0 Å². The summed E-state index contributed by atoms with van der Waals surface area (Å²) in [5.41, 5.74) is 0.595. The summed E-state index contributed by atoms with van der Waals surface area (Å²) < 4.78 is 33.2. The zero-order valence-electron chi connectivity index (χ0n) is 25.0. The lowest BCUT2D eigenvalue weighted by Crippen LogP contribution is -2.76. The van der Waals surface area contributed by atoms with E-state index in [9.17, 15) is 4.79 Å². The van der Waals surface area contributed by atoms with Gasteiger partial charge >= 0.3 is 5.97 Å². The molecule has 1 aromatic carbocycles. The molecule has 7 unspecified atom stereocenters. The Kier molecular flexibility index (Phi) is 6.49. The summed E-state index contributed by atoms with van der Waals surface area (Å²) in [7, 11) is 5.64. The van der Waals surface area contributed by atoms with E-state index < -0.39 is 5.60 Å². The fourth-order valence-electron chi connectivity index (χ4n) is 12.0. The number of fused-ring (bicyclic) bond motifs is 2. The normalized spacial score (nSPS) is 50.1. The largest absolute Gasteiger partial charge is 0.462 e. The second kappa shape index (κ2) is 9.50. The van der Waals surface area contributed by atoms with Gasteiger partial charge in [0.05, 0.1) is 30.5 Å². The molecule has 0 radical (unpaired) electrons. The molecule has 0 N–H and O–H groups in total. The van der Waals surface area contributed by atoms with Crippen molar-refractivity contribution in [2.45, 2.75) is 89.1 Å². The van der Waals surface area contributed by atoms with Gasteiger partial charge in [-0.05, 0) is 42.7 Å². The first-order chi connectivity index (χ1) is 19.3. The van der Waals surface area contributed by atoms with Crippen molar-refractivity contribution in [2.24, 2.45) is 40.4 Å². The SMILES string of the molecule is CCN1C[C@]2(C)CCC(OC)C34C5C[C@H]6C(OCc7ccccc7)C5[C@](OC)(C[C@@H]6OC)C(C(OC(C)=O)[C@@H]32)[C@H]14. The van der Waals surface area contributed by atoms with Crippen molar-refractivity contribution in [2.75, 3.05) is 34.4 Å². The summed E-state index contributed by atoms with van der Waals surface area (Å²) in [6.07, 6.45) is 3.93. The number of piperidine rings is 1. The van der Waals surface area contributed by atoms with Crippen LogP contribution < -0.4 is 0 Å². The van der Waals surface area contributed by atoms with Gasteiger partial charge in [0, 0.05) is 76.3 Å². The fraction of sp³-hybridized carbons (Fsp3) is 0.788. The van der Waals surface area contributed by atoms with E-state index in [0.29, 0.717) is 18.4 Å². The van der Waals surface area contributed by atoms with E-state index in [0.717, 1.165) is 38.8 Å². The number of benzene rings is 1. The molecule has 1 heterocycles. The van der Waals surface area contributed by atoms with E-state index in [1.807, 2.05) is 27.4 Å². The molecule has 1 aliphatic heterocycles. The Morgan fingerprint density at radius 1 is 1.07 bits per heavy atom. The van der Waals surface area contributed by atoms with Gasteiger partial charge in [0.15, 0.2) is 0 Å². The van der Waals surface area contributed by atoms with Gasteiger partial charge in [-0.1, -0.05) is 44.2 Å². The Morgan fingerprint density at radius 3 is 2.50 bits per heavy atom. The van der Waals surface area contributed by atoms with E-state index in [1.54, 1.807) is 6.92 Å². The van der Waals surface area contributed by atoms with Crippen LogP contribution in [0.25, 0.3) is 0 Å². The van der Waals surface area contributed by atoms with Gasteiger partial charge in [0.25, 0.3) is 0 Å². The van der Waals surface area contributed by atoms with Crippen LogP contribution >= 0.6 is 0 Å². The van der Waals surface area contributed by atoms with Crippen molar-refractivity contribution >= 4 is 5.97 Å². The van der Waals surface area contributed by atoms with Crippen LogP contribution in [-0.4, -0.2) is 81.3 Å². The maximum atomic E-state index is 12.8. The first-order valence-electron chi connectivity index (χ1n) is 15.5. The maximum Gasteiger partial charge on any atom is 0.302 e. The van der Waals surface area contributed by atoms with Crippen molar-refractivity contribution < 1.29 is 28.5 Å². The first-order valence-corrected chi connectivity index (χ1v) is 15.5. The number of nitrogens with zero attached hydrogens (tertiary/aromatic N) is 1. The lowest BCUT2D eigenvalue weighted by atomic mass is 9.43. The van der Waals surface area contributed by atoms with E-state index in [1.165, 1.54) is 5.56 Å². The molecule has 1 spiro atoms. The van der Waals surface area contributed by atoms with Gasteiger partial charge < -0.3 is 23.7 Å². The number of rotatable bonds is 8. The molecule has 5 saturated carbocycles. The third kappa shape index (κ3) is 3.27. The number of hydrogen-bond donors (Lipinski definition) is 0. The van der Waals surface area contributed by atoms with Crippen molar-refractivity contribution in [1.29, 1.82) is 0 Å². The molecule has 0 aromatic heterocycles. The number of carbonyl (C=O) groups excluding carboxylic acids is 1. The minimum atomic E-state index is -0.510. The zero-order chi connectivity index (χ0) is 28.0. The highest BCUT2D eigenvalue weighted by atomic mass is 16.6. The third-order valence-corrected chi connectivity index (χ3v) is 12.8. The summed E-state index contributed by atoms with van der Waals surface area (Å²) in [6, 6.07) is 10.7. The summed E-state index contributed by atoms with van der Waals surface area (Å²) >= 11 is 0. The van der Waals surface area contributed by atoms with Crippen molar-refractivity contribution in [3.63, 3.8) is 0 Å². The Hall–Kier alpha value is -1.51. The summed E-state index contributed by atoms with van der Waals surface area (Å²) in [6.45, 7) is 8.91. The van der Waals surface area contributed by atoms with E-state index in [2.05, 4.69) is 43.0 Å². The molecular formula is C33H47NO6. The highest BCUT2D eigenvalue weighted by Gasteiger charge is 2.87. The Balaban J connectivity index is 1.43. The molecule has 13 atom stereocenters. The Morgan fingerprint density at radius 2 is 1.85 bits per heavy atom. The zero-order valence-corrected chi connectivity index (χ0v) is 25.0. The van der Waals surface area contributed by atoms with Crippen LogP contribution in [0.3, 0.4) is 0 Å². The van der Waals surface area contributed by atoms with Crippen LogP contribution in [0.4, 0.5) is 0 Å². The number of ether oxygens (including phenoxy) is 5. The van der Waals surface area contributed by atoms with Gasteiger partial charge in [-0.25, -0.2) is 0 Å². The molecule has 7 bridgehead atoms. The van der Waals surface area contributed by atoms with Gasteiger partial charge in [-0.3, -0.25) is 9.69 Å². The third-order valence-electron chi connectivity index (χ3n) is 12.8. The smallest absolute Gasteiger partial charge is 0.302 e. The lowest BCUT2D eigenvalue weighted by Gasteiger charge is -2.69. The van der Waals surface area contributed by atoms with Crippen molar-refractivity contribution in [1.82, 2.24) is 4.90 Å². The molecule has 5 aliphatic carbocycles. The van der Waals surface area contributed by atoms with Crippen LogP contribution in [0.2, 0.25) is 0 Å². The van der Waals surface area contributed by atoms with Gasteiger partial charge in [0.2, 0.25) is 0 Å². The second-order valence-electron chi connectivity index (χ2n) is 13.9. The predicted molar refractivity (Wildman–Crippen MR) is 149 cm³/mol. The van der Waals surface area contributed by atoms with E-state index in [-0.39, 0.29) is 65.0 Å². The Labute approximate surface area is 239 Å². The van der Waals surface area contributed by atoms with Crippen LogP contribution in [-0.2, 0) is 35.1 Å². The number of hydrogen-bond acceptors (Lipinski definition) is 7. The van der Waals surface area contributed by atoms with Crippen molar-refractivity contribution in [3.05, 3.63) is 35.9 Å². The molecule has 0 amide bonds. The first kappa shape index (κ1) is 27.3. The summed E-state index contributed by atoms with van der Waals surface area (Å²) in [5, 5.41) is 0. The molecule has 1 aromatic rings. The monoisotopic (exact) mass is 553 g/mol. The van der Waals surface area contributed by atoms with E-state index >= 15 is 0 Å². The van der Waals surface area contributed by atoms with Gasteiger partial charge in [-0.2, -0.15) is 0 Å². The minimum Gasteiger partial charge on any atom is -0.462 e. The highest BCUT2D eigenvalue weighted by Crippen LogP contribution is 2.80. The second-order valence-corrected chi connectivity index (χ2v) is 13.9. The minimum absolute atomic E-state index is 0.0149. The topological polar surface area (TPSA) is 66.5 Å². The average Bonchev–Trinajstić information content (AvgIpc) is 3.38. The van der Waals surface area contributed by atoms with Crippen LogP contribution in [0.5, 0.6) is 0 Å². The summed E-state index contributed by atoms with van der Waals surface area (Å²) in [5.74, 6) is 0.906. The van der Waals surface area contributed by atoms with Gasteiger partial charge in [0.1, 0.15) is 6.10 Å². The fourth-order valence-corrected chi connectivity index (χ4v) is 12.0. The Bertz CT molecular complexity index is 1130. The molecule has 7 heteroatoms. The molecule has 220 valence electrons. The molecule has 40 heavy (non-hydrogen) atoms. The maximum absolute atomic E-state index is 12.8. The van der Waals surface area contributed by atoms with Crippen molar-refractivity contribution in [3.8, 4) is 0 Å². The van der Waals surface area contributed by atoms with E-state index in [4.69, 9.17) is 23.7 Å². The molecule has 6 fully saturated rings. The number of esters is 1. The average molecular weight is 554 g/mol. The molecule has 7 nitrogen and oxygen atoms in total. The predicted octanol–water partition coefficient (Wildman–Crippen LogP) is 4.32. The van der Waals surface area contributed by atoms with Crippen LogP contribution in [0.1, 0.15) is 52.0 Å². The van der Waals surface area contributed by atoms with Crippen LogP contribution in [0.15, 0.2) is 30.3 Å². The molecule has 1 saturated heterocycles. The summed E-state index contributed by atoms with van der Waals surface area (Å²) in [4.78, 5) is 15.6. The molecule has 6 aliphatic rings. The number of methoxy groups -OCH3 is 3. The standard InChI is InChI=1S/C33H47NO6/c1-7-34-18-31(3)14-13-24(37-5)33-22-15-21-23(36-4)16-32(38-6,26(30(33)34)28(29(31)33)40-19(2)35)25(22)27(21)39-17-20-11-9-8-10-12-20/h8-12,21-30H,7,13-18H2,1-6H3/t21-,22?,23+,24?,25?,26?,27?,28?,29-,30+,31+,32-,33?/m1/s1. The quantitative estimate of drug-likeness (QED) is 0.444. The number of likely N-dealkylation sites (tertiary alicyclic amines) is 1. The molecular weight excluding hydrogens is 506 g/mol. The molecule has 7 rings (SSSR count). The lowest BCUT2D eigenvalue weighted by molar-refractivity contribution is -0.280. The highest BCUT2D eigenvalue weighted by molar-refractivity contribution is 5.66. The van der Waals surface area contributed by atoms with Crippen LogP contribution in [0, 0.1) is 40.4 Å².